The number of aromatic nitrogens is 1. The van der Waals surface area contributed by atoms with Crippen molar-refractivity contribution in [2.45, 2.75) is 20.5 Å². The van der Waals surface area contributed by atoms with Crippen molar-refractivity contribution in [3.8, 4) is 5.75 Å². The largest absolute Gasteiger partial charge is 0.486 e. The predicted molar refractivity (Wildman–Crippen MR) is 71.4 cm³/mol. The fourth-order valence-electron chi connectivity index (χ4n) is 1.63. The van der Waals surface area contributed by atoms with Gasteiger partial charge in [0.15, 0.2) is 11.5 Å². The normalized spacial score (nSPS) is 10.5. The highest BCUT2D eigenvalue weighted by Gasteiger charge is 2.11. The molecule has 0 fully saturated rings. The van der Waals surface area contributed by atoms with Crippen molar-refractivity contribution in [2.75, 3.05) is 0 Å². The quantitative estimate of drug-likeness (QED) is 0.933. The molecule has 2 rings (SSSR count). The molecule has 1 aromatic heterocycles. The number of carboxylic acid groups (broad SMARTS) is 1. The molecule has 0 aliphatic heterocycles. The lowest BCUT2D eigenvalue weighted by molar-refractivity contribution is 0.0685. The third-order valence-corrected chi connectivity index (χ3v) is 3.82. The van der Waals surface area contributed by atoms with Crippen molar-refractivity contribution in [2.24, 2.45) is 0 Å². The molecule has 1 heterocycles. The van der Waals surface area contributed by atoms with Crippen LogP contribution in [-0.4, -0.2) is 16.2 Å². The van der Waals surface area contributed by atoms with Gasteiger partial charge in [0.25, 0.3) is 0 Å². The molecule has 100 valence electrons. The van der Waals surface area contributed by atoms with Gasteiger partial charge in [-0.3, -0.25) is 0 Å². The summed E-state index contributed by atoms with van der Waals surface area (Å²) in [7, 11) is 0. The van der Waals surface area contributed by atoms with Crippen LogP contribution >= 0.6 is 15.9 Å². The summed E-state index contributed by atoms with van der Waals surface area (Å²) in [6.45, 7) is 4.09. The molecule has 0 aliphatic carbocycles. The zero-order valence-electron chi connectivity index (χ0n) is 10.4. The Morgan fingerprint density at radius 1 is 1.37 bits per heavy atom. The molecular weight excluding hydrogens is 314 g/mol. The van der Waals surface area contributed by atoms with E-state index in [0.29, 0.717) is 11.5 Å². The van der Waals surface area contributed by atoms with Crippen LogP contribution in [0.25, 0.3) is 0 Å². The van der Waals surface area contributed by atoms with Crippen LogP contribution < -0.4 is 4.74 Å². The van der Waals surface area contributed by atoms with E-state index in [4.69, 9.17) is 14.4 Å². The van der Waals surface area contributed by atoms with E-state index in [1.807, 2.05) is 26.0 Å². The predicted octanol–water partition coefficient (Wildman–Crippen LogP) is 3.33. The number of aryl methyl sites for hydroxylation is 2. The molecular formula is C13H12BrNO4. The second-order valence-corrected chi connectivity index (χ2v) is 4.94. The van der Waals surface area contributed by atoms with E-state index in [1.165, 1.54) is 6.07 Å². The van der Waals surface area contributed by atoms with Crippen LogP contribution in [0.15, 0.2) is 27.2 Å². The first-order valence-corrected chi connectivity index (χ1v) is 6.35. The number of benzene rings is 1. The maximum Gasteiger partial charge on any atom is 0.358 e. The smallest absolute Gasteiger partial charge is 0.358 e. The first-order chi connectivity index (χ1) is 8.97. The first kappa shape index (κ1) is 13.6. The highest BCUT2D eigenvalue weighted by atomic mass is 79.9. The zero-order chi connectivity index (χ0) is 14.0. The molecule has 0 unspecified atom stereocenters. The van der Waals surface area contributed by atoms with E-state index >= 15 is 0 Å². The van der Waals surface area contributed by atoms with Gasteiger partial charge in [-0.1, -0.05) is 21.1 Å². The van der Waals surface area contributed by atoms with Crippen LogP contribution in [0, 0.1) is 13.8 Å². The Labute approximate surface area is 118 Å². The molecule has 0 saturated carbocycles. The molecule has 0 radical (unpaired) electrons. The van der Waals surface area contributed by atoms with Crippen molar-refractivity contribution >= 4 is 21.9 Å². The molecule has 0 saturated heterocycles. The Hall–Kier alpha value is -1.82. The number of hydrogen-bond donors (Lipinski definition) is 1. The zero-order valence-corrected chi connectivity index (χ0v) is 12.0. The topological polar surface area (TPSA) is 72.6 Å². The second kappa shape index (κ2) is 5.44. The molecule has 2 aromatic rings. The van der Waals surface area contributed by atoms with Gasteiger partial charge < -0.3 is 14.4 Å². The number of carbonyl (C=O) groups is 1. The van der Waals surface area contributed by atoms with Gasteiger partial charge in [0, 0.05) is 10.5 Å². The standard InChI is InChI=1S/C13H12BrNO4/c1-7-3-9(4-8(2)12(7)14)18-6-10-5-11(13(16)17)15-19-10/h3-5H,6H2,1-2H3,(H,16,17). The second-order valence-electron chi connectivity index (χ2n) is 4.14. The van der Waals surface area contributed by atoms with E-state index in [1.54, 1.807) is 0 Å². The fraction of sp³-hybridized carbons (Fsp3) is 0.231. The lowest BCUT2D eigenvalue weighted by Crippen LogP contribution is -1.96. The van der Waals surface area contributed by atoms with Gasteiger partial charge >= 0.3 is 5.97 Å². The lowest BCUT2D eigenvalue weighted by atomic mass is 10.1. The van der Waals surface area contributed by atoms with E-state index in [9.17, 15) is 4.79 Å². The van der Waals surface area contributed by atoms with Crippen LogP contribution in [0.5, 0.6) is 5.75 Å². The minimum Gasteiger partial charge on any atom is -0.486 e. The third-order valence-electron chi connectivity index (χ3n) is 2.57. The molecule has 0 aliphatic rings. The monoisotopic (exact) mass is 325 g/mol. The van der Waals surface area contributed by atoms with Gasteiger partial charge in [0.05, 0.1) is 0 Å². The summed E-state index contributed by atoms with van der Waals surface area (Å²) in [6, 6.07) is 5.14. The summed E-state index contributed by atoms with van der Waals surface area (Å²) in [6.07, 6.45) is 0. The molecule has 0 bridgehead atoms. The van der Waals surface area contributed by atoms with Crippen LogP contribution in [0.2, 0.25) is 0 Å². The summed E-state index contributed by atoms with van der Waals surface area (Å²) >= 11 is 3.48. The average molecular weight is 326 g/mol. The van der Waals surface area contributed by atoms with Crippen molar-refractivity contribution in [1.29, 1.82) is 0 Å². The summed E-state index contributed by atoms with van der Waals surface area (Å²) in [5.41, 5.74) is 2.01. The van der Waals surface area contributed by atoms with Crippen LogP contribution in [0.3, 0.4) is 0 Å². The van der Waals surface area contributed by atoms with Crippen LogP contribution in [0.4, 0.5) is 0 Å². The maximum absolute atomic E-state index is 10.6. The Morgan fingerprint density at radius 3 is 2.53 bits per heavy atom. The van der Waals surface area contributed by atoms with Gasteiger partial charge in [-0.25, -0.2) is 4.79 Å². The number of halogens is 1. The number of aromatic carboxylic acids is 1. The van der Waals surface area contributed by atoms with Gasteiger partial charge in [0.1, 0.15) is 12.4 Å². The molecule has 0 amide bonds. The average Bonchev–Trinajstić information content (AvgIpc) is 2.82. The minimum absolute atomic E-state index is 0.123. The Balaban J connectivity index is 2.08. The van der Waals surface area contributed by atoms with E-state index in [-0.39, 0.29) is 12.3 Å². The Morgan fingerprint density at radius 2 is 2.00 bits per heavy atom. The third kappa shape index (κ3) is 3.14. The van der Waals surface area contributed by atoms with Crippen molar-refractivity contribution in [3.63, 3.8) is 0 Å². The van der Waals surface area contributed by atoms with E-state index in [0.717, 1.165) is 15.6 Å². The van der Waals surface area contributed by atoms with Crippen molar-refractivity contribution in [1.82, 2.24) is 5.16 Å². The fourth-order valence-corrected chi connectivity index (χ4v) is 1.85. The SMILES string of the molecule is Cc1cc(OCc2cc(C(=O)O)no2)cc(C)c1Br. The molecule has 5 nitrogen and oxygen atoms in total. The summed E-state index contributed by atoms with van der Waals surface area (Å²) in [5, 5.41) is 12.1. The number of hydrogen-bond acceptors (Lipinski definition) is 4. The molecule has 1 N–H and O–H groups in total. The number of rotatable bonds is 4. The highest BCUT2D eigenvalue weighted by molar-refractivity contribution is 9.10. The molecule has 0 spiro atoms. The van der Waals surface area contributed by atoms with Gasteiger partial charge in [-0.15, -0.1) is 0 Å². The van der Waals surface area contributed by atoms with Crippen molar-refractivity contribution < 1.29 is 19.2 Å². The number of carboxylic acids is 1. The van der Waals surface area contributed by atoms with Gasteiger partial charge in [-0.05, 0) is 37.1 Å². The Bertz CT molecular complexity index is 598. The summed E-state index contributed by atoms with van der Waals surface area (Å²) in [5.74, 6) is -0.0487. The molecule has 6 heteroatoms. The first-order valence-electron chi connectivity index (χ1n) is 5.56. The number of ether oxygens (including phenoxy) is 1. The van der Waals surface area contributed by atoms with Gasteiger partial charge in [-0.2, -0.15) is 0 Å². The highest BCUT2D eigenvalue weighted by Crippen LogP contribution is 2.26. The lowest BCUT2D eigenvalue weighted by Gasteiger charge is -2.08. The molecule has 0 atom stereocenters. The molecule has 19 heavy (non-hydrogen) atoms. The van der Waals surface area contributed by atoms with Crippen LogP contribution in [0.1, 0.15) is 27.4 Å². The Kier molecular flexibility index (Phi) is 3.90. The summed E-state index contributed by atoms with van der Waals surface area (Å²) in [4.78, 5) is 10.6. The van der Waals surface area contributed by atoms with Crippen molar-refractivity contribution in [3.05, 3.63) is 45.3 Å². The summed E-state index contributed by atoms with van der Waals surface area (Å²) < 4.78 is 11.5. The number of nitrogens with zero attached hydrogens (tertiary/aromatic N) is 1. The van der Waals surface area contributed by atoms with E-state index in [2.05, 4.69) is 21.1 Å². The molecule has 1 aromatic carbocycles. The minimum atomic E-state index is -1.12. The van der Waals surface area contributed by atoms with Gasteiger partial charge in [0.2, 0.25) is 0 Å². The maximum atomic E-state index is 10.6. The van der Waals surface area contributed by atoms with E-state index < -0.39 is 5.97 Å². The van der Waals surface area contributed by atoms with Crippen LogP contribution in [-0.2, 0) is 6.61 Å².